The molecule has 1 aromatic carbocycles. The Hall–Kier alpha value is -3.54. The number of benzene rings is 1. The normalized spacial score (nSPS) is 16.6. The van der Waals surface area contributed by atoms with E-state index in [0.29, 0.717) is 40.0 Å². The van der Waals surface area contributed by atoms with Gasteiger partial charge in [-0.05, 0) is 44.7 Å². The van der Waals surface area contributed by atoms with Crippen molar-refractivity contribution in [3.05, 3.63) is 52.6 Å². The molecule has 1 saturated carbocycles. The molecule has 0 saturated heterocycles. The third-order valence-corrected chi connectivity index (χ3v) is 7.50. The number of anilines is 1. The molecule has 1 aliphatic heterocycles. The van der Waals surface area contributed by atoms with Crippen LogP contribution < -0.4 is 15.0 Å². The first kappa shape index (κ1) is 25.1. The van der Waals surface area contributed by atoms with Crippen LogP contribution in [0.2, 0.25) is 0 Å². The number of thiazole rings is 1. The number of hydrogen-bond acceptors (Lipinski definition) is 7. The van der Waals surface area contributed by atoms with Gasteiger partial charge in [-0.25, -0.2) is 15.0 Å². The second kappa shape index (κ2) is 9.73. The summed E-state index contributed by atoms with van der Waals surface area (Å²) in [6.45, 7) is 4.01. The fraction of sp³-hybridized carbons (Fsp3) is 0.400. The zero-order valence-corrected chi connectivity index (χ0v) is 20.9. The van der Waals surface area contributed by atoms with Crippen LogP contribution in [-0.2, 0) is 11.0 Å². The number of carbonyl (C=O) groups is 2. The molecule has 0 unspecified atom stereocenters. The van der Waals surface area contributed by atoms with Gasteiger partial charge in [0.05, 0.1) is 17.3 Å². The van der Waals surface area contributed by atoms with Gasteiger partial charge in [0.1, 0.15) is 5.01 Å². The minimum atomic E-state index is -4.65. The first-order valence-electron chi connectivity index (χ1n) is 11.8. The van der Waals surface area contributed by atoms with Gasteiger partial charge < -0.3 is 15.0 Å². The largest absolute Gasteiger partial charge is 0.481 e. The maximum absolute atomic E-state index is 13.3. The Morgan fingerprint density at radius 2 is 1.95 bits per heavy atom. The molecule has 0 radical (unpaired) electrons. The Bertz CT molecular complexity index is 1340. The molecule has 3 aromatic rings. The Kier molecular flexibility index (Phi) is 6.61. The molecule has 37 heavy (non-hydrogen) atoms. The summed E-state index contributed by atoms with van der Waals surface area (Å²) in [6.07, 6.45) is 2.40. The number of fused-ring (bicyclic) bond motifs is 1. The third-order valence-electron chi connectivity index (χ3n) is 6.55. The second-order valence-corrected chi connectivity index (χ2v) is 10.5. The highest BCUT2D eigenvalue weighted by atomic mass is 32.1. The summed E-state index contributed by atoms with van der Waals surface area (Å²) in [7, 11) is 0. The van der Waals surface area contributed by atoms with Gasteiger partial charge in [0.25, 0.3) is 11.8 Å². The SMILES string of the molecule is Cc1cnc(-c2cc(C(=O)N[C@H](C)c3cnc(C(F)(F)F)nc3)cc3c2OCC(=O)N3CC2CCC2)s1. The average Bonchev–Trinajstić information content (AvgIpc) is 3.27. The van der Waals surface area contributed by atoms with E-state index >= 15 is 0 Å². The number of amides is 2. The zero-order chi connectivity index (χ0) is 26.3. The van der Waals surface area contributed by atoms with Gasteiger partial charge in [-0.1, -0.05) is 6.42 Å². The molecule has 5 rings (SSSR count). The van der Waals surface area contributed by atoms with Crippen molar-refractivity contribution < 1.29 is 27.5 Å². The lowest BCUT2D eigenvalue weighted by molar-refractivity contribution is -0.145. The van der Waals surface area contributed by atoms with Crippen molar-refractivity contribution in [2.45, 2.75) is 45.3 Å². The van der Waals surface area contributed by atoms with Crippen molar-refractivity contribution in [2.75, 3.05) is 18.1 Å². The van der Waals surface area contributed by atoms with E-state index in [4.69, 9.17) is 4.74 Å². The summed E-state index contributed by atoms with van der Waals surface area (Å²) in [6, 6.07) is 2.63. The van der Waals surface area contributed by atoms with Crippen molar-refractivity contribution in [1.29, 1.82) is 0 Å². The molecule has 1 atom stereocenters. The number of aryl methyl sites for hydroxylation is 1. The summed E-state index contributed by atoms with van der Waals surface area (Å²) >= 11 is 1.45. The number of carbonyl (C=O) groups excluding carboxylic acids is 2. The van der Waals surface area contributed by atoms with Crippen molar-refractivity contribution in [2.24, 2.45) is 5.92 Å². The topological polar surface area (TPSA) is 97.3 Å². The number of ether oxygens (including phenoxy) is 1. The highest BCUT2D eigenvalue weighted by molar-refractivity contribution is 7.15. The molecular formula is C25H24F3N5O3S. The predicted molar refractivity (Wildman–Crippen MR) is 130 cm³/mol. The van der Waals surface area contributed by atoms with Crippen LogP contribution in [0.3, 0.4) is 0 Å². The minimum Gasteiger partial charge on any atom is -0.481 e. The number of rotatable bonds is 6. The van der Waals surface area contributed by atoms with Gasteiger partial charge >= 0.3 is 6.18 Å². The van der Waals surface area contributed by atoms with Gasteiger partial charge in [-0.3, -0.25) is 9.59 Å². The molecule has 1 aliphatic carbocycles. The van der Waals surface area contributed by atoms with Gasteiger partial charge in [0.2, 0.25) is 5.82 Å². The van der Waals surface area contributed by atoms with E-state index in [1.54, 1.807) is 30.2 Å². The molecule has 1 fully saturated rings. The number of hydrogen-bond donors (Lipinski definition) is 1. The molecule has 3 heterocycles. The van der Waals surface area contributed by atoms with Crippen LogP contribution in [0, 0.1) is 12.8 Å². The Morgan fingerprint density at radius 3 is 2.54 bits per heavy atom. The van der Waals surface area contributed by atoms with Crippen molar-refractivity contribution in [3.8, 4) is 16.3 Å². The molecular weight excluding hydrogens is 507 g/mol. The Balaban J connectivity index is 1.47. The molecule has 2 amide bonds. The van der Waals surface area contributed by atoms with E-state index in [2.05, 4.69) is 20.3 Å². The third kappa shape index (κ3) is 5.15. The van der Waals surface area contributed by atoms with Crippen LogP contribution in [0.1, 0.15) is 58.9 Å². The van der Waals surface area contributed by atoms with E-state index in [1.807, 2.05) is 6.92 Å². The maximum atomic E-state index is 13.3. The molecule has 2 aliphatic rings. The second-order valence-electron chi connectivity index (χ2n) is 9.27. The fourth-order valence-corrected chi connectivity index (χ4v) is 5.06. The number of halogens is 3. The standard InChI is InChI=1S/C25H24F3N5O3S/c1-13-8-29-23(37-13)18-6-16(7-19-21(18)36-12-20(34)33(19)11-15-4-3-5-15)22(35)32-14(2)17-9-30-24(31-10-17)25(26,27)28/h6-10,14-15H,3-5,11-12H2,1-2H3,(H,32,35)/t14-/m1/s1. The Labute approximate surface area is 214 Å². The van der Waals surface area contributed by atoms with Crippen molar-refractivity contribution in [3.63, 3.8) is 0 Å². The van der Waals surface area contributed by atoms with Crippen LogP contribution >= 0.6 is 11.3 Å². The highest BCUT2D eigenvalue weighted by Crippen LogP contribution is 2.44. The fourth-order valence-electron chi connectivity index (χ4n) is 4.29. The van der Waals surface area contributed by atoms with Gasteiger partial charge in [0, 0.05) is 41.1 Å². The summed E-state index contributed by atoms with van der Waals surface area (Å²) in [5.41, 5.74) is 1.72. The number of aromatic nitrogens is 3. The average molecular weight is 532 g/mol. The van der Waals surface area contributed by atoms with Crippen LogP contribution in [0.25, 0.3) is 10.6 Å². The molecule has 1 N–H and O–H groups in total. The van der Waals surface area contributed by atoms with E-state index in [-0.39, 0.29) is 18.1 Å². The van der Waals surface area contributed by atoms with Crippen LogP contribution in [-0.4, -0.2) is 39.9 Å². The molecule has 8 nitrogen and oxygen atoms in total. The summed E-state index contributed by atoms with van der Waals surface area (Å²) in [4.78, 5) is 40.0. The minimum absolute atomic E-state index is 0.0897. The van der Waals surface area contributed by atoms with Crippen LogP contribution in [0.4, 0.5) is 18.9 Å². The molecule has 12 heteroatoms. The van der Waals surface area contributed by atoms with E-state index in [0.717, 1.165) is 36.5 Å². The lowest BCUT2D eigenvalue weighted by atomic mass is 9.85. The molecule has 194 valence electrons. The van der Waals surface area contributed by atoms with Crippen molar-refractivity contribution >= 4 is 28.8 Å². The highest BCUT2D eigenvalue weighted by Gasteiger charge is 2.35. The smallest absolute Gasteiger partial charge is 0.451 e. The lowest BCUT2D eigenvalue weighted by Crippen LogP contribution is -2.43. The van der Waals surface area contributed by atoms with Gasteiger partial charge in [0.15, 0.2) is 12.4 Å². The quantitative estimate of drug-likeness (QED) is 0.484. The Morgan fingerprint density at radius 1 is 1.22 bits per heavy atom. The monoisotopic (exact) mass is 531 g/mol. The van der Waals surface area contributed by atoms with Crippen LogP contribution in [0.5, 0.6) is 5.75 Å². The molecule has 0 spiro atoms. The summed E-state index contributed by atoms with van der Waals surface area (Å²) in [5, 5.41) is 3.45. The molecule has 2 aromatic heterocycles. The summed E-state index contributed by atoms with van der Waals surface area (Å²) < 4.78 is 44.2. The first-order valence-corrected chi connectivity index (χ1v) is 12.7. The number of nitrogens with zero attached hydrogens (tertiary/aromatic N) is 4. The predicted octanol–water partition coefficient (Wildman–Crippen LogP) is 4.94. The zero-order valence-electron chi connectivity index (χ0n) is 20.1. The number of nitrogens with one attached hydrogen (secondary N) is 1. The van der Waals surface area contributed by atoms with Crippen LogP contribution in [0.15, 0.2) is 30.7 Å². The van der Waals surface area contributed by atoms with E-state index in [1.165, 1.54) is 11.3 Å². The number of alkyl halides is 3. The van der Waals surface area contributed by atoms with Crippen molar-refractivity contribution in [1.82, 2.24) is 20.3 Å². The maximum Gasteiger partial charge on any atom is 0.451 e. The summed E-state index contributed by atoms with van der Waals surface area (Å²) in [5.74, 6) is -0.976. The molecule has 0 bridgehead atoms. The lowest BCUT2D eigenvalue weighted by Gasteiger charge is -2.36. The van der Waals surface area contributed by atoms with Gasteiger partial charge in [-0.15, -0.1) is 11.3 Å². The van der Waals surface area contributed by atoms with Gasteiger partial charge in [-0.2, -0.15) is 13.2 Å². The first-order chi connectivity index (χ1) is 17.6. The van der Waals surface area contributed by atoms with E-state index in [9.17, 15) is 22.8 Å². The van der Waals surface area contributed by atoms with E-state index < -0.39 is 23.9 Å².